The molecule has 2 rings (SSSR count). The Bertz CT molecular complexity index is 846. The third-order valence-corrected chi connectivity index (χ3v) is 8.03. The maximum absolute atomic E-state index is 13.1. The van der Waals surface area contributed by atoms with E-state index >= 15 is 0 Å². The van der Waals surface area contributed by atoms with Crippen molar-refractivity contribution in [2.75, 3.05) is 36.1 Å². The number of nitrogens with zero attached hydrogens (tertiary/aromatic N) is 1. The number of rotatable bonds is 13. The van der Waals surface area contributed by atoms with Crippen LogP contribution in [0.3, 0.4) is 0 Å². The molecule has 0 radical (unpaired) electrons. The van der Waals surface area contributed by atoms with Gasteiger partial charge in [0.15, 0.2) is 15.4 Å². The van der Waals surface area contributed by atoms with Crippen molar-refractivity contribution in [3.8, 4) is 0 Å². The largest absolute Gasteiger partial charge is 0.463 e. The van der Waals surface area contributed by atoms with Crippen molar-refractivity contribution in [2.24, 2.45) is 5.41 Å². The predicted molar refractivity (Wildman–Crippen MR) is 139 cm³/mol. The summed E-state index contributed by atoms with van der Waals surface area (Å²) in [7, 11) is -2.95. The van der Waals surface area contributed by atoms with E-state index in [0.717, 1.165) is 24.9 Å². The van der Waals surface area contributed by atoms with Gasteiger partial charge in [-0.25, -0.2) is 13.2 Å². The first-order valence-corrected chi connectivity index (χ1v) is 14.7. The summed E-state index contributed by atoms with van der Waals surface area (Å²) >= 11 is 0. The van der Waals surface area contributed by atoms with Gasteiger partial charge in [0.2, 0.25) is 0 Å². The summed E-state index contributed by atoms with van der Waals surface area (Å²) in [5.41, 5.74) is -0.441. The summed E-state index contributed by atoms with van der Waals surface area (Å²) in [5.74, 6) is -0.297. The molecule has 1 aliphatic heterocycles. The normalized spacial score (nSPS) is 17.9. The van der Waals surface area contributed by atoms with Crippen LogP contribution < -0.4 is 4.90 Å². The van der Waals surface area contributed by atoms with Crippen LogP contribution >= 0.6 is 0 Å². The second-order valence-electron chi connectivity index (χ2n) is 10.9. The molecule has 1 atom stereocenters. The lowest BCUT2D eigenvalue weighted by Crippen LogP contribution is -2.40. The Kier molecular flexibility index (Phi) is 10.9. The third kappa shape index (κ3) is 9.21. The Morgan fingerprint density at radius 1 is 0.941 bits per heavy atom. The monoisotopic (exact) mass is 495 g/mol. The molecule has 1 unspecified atom stereocenters. The van der Waals surface area contributed by atoms with Crippen molar-refractivity contribution >= 4 is 21.5 Å². The van der Waals surface area contributed by atoms with Crippen LogP contribution in [0.2, 0.25) is 0 Å². The Morgan fingerprint density at radius 3 is 2.00 bits per heavy atom. The SMILES string of the molecule is CCCCCCCCCCC(O)(C(=O)OCC(C)(C)C)c1ccc(N2CCS(=O)(=O)CC2)cc1. The van der Waals surface area contributed by atoms with Gasteiger partial charge in [-0.1, -0.05) is 84.8 Å². The molecule has 0 spiro atoms. The van der Waals surface area contributed by atoms with E-state index in [1.54, 1.807) is 12.1 Å². The van der Waals surface area contributed by atoms with E-state index in [9.17, 15) is 18.3 Å². The minimum atomic E-state index is -2.95. The molecule has 6 nitrogen and oxygen atoms in total. The highest BCUT2D eigenvalue weighted by Crippen LogP contribution is 2.32. The Morgan fingerprint density at radius 2 is 1.47 bits per heavy atom. The molecule has 1 N–H and O–H groups in total. The zero-order valence-corrected chi connectivity index (χ0v) is 22.5. The second kappa shape index (κ2) is 12.9. The van der Waals surface area contributed by atoms with Gasteiger partial charge in [0, 0.05) is 18.8 Å². The minimum absolute atomic E-state index is 0.149. The average Bonchev–Trinajstić information content (AvgIpc) is 2.78. The van der Waals surface area contributed by atoms with Crippen LogP contribution in [0, 0.1) is 5.41 Å². The molecule has 0 aromatic heterocycles. The number of hydrogen-bond donors (Lipinski definition) is 1. The summed E-state index contributed by atoms with van der Waals surface area (Å²) in [6, 6.07) is 7.29. The highest BCUT2D eigenvalue weighted by atomic mass is 32.2. The Balaban J connectivity index is 2.05. The number of carbonyl (C=O) groups excluding carboxylic acids is 1. The summed E-state index contributed by atoms with van der Waals surface area (Å²) < 4.78 is 29.0. The number of esters is 1. The maximum Gasteiger partial charge on any atom is 0.342 e. The molecule has 0 bridgehead atoms. The van der Waals surface area contributed by atoms with Gasteiger partial charge < -0.3 is 14.7 Å². The van der Waals surface area contributed by atoms with E-state index in [-0.39, 0.29) is 23.5 Å². The van der Waals surface area contributed by atoms with Gasteiger partial charge in [-0.15, -0.1) is 0 Å². The number of ether oxygens (including phenoxy) is 1. The van der Waals surface area contributed by atoms with Crippen molar-refractivity contribution < 1.29 is 23.1 Å². The first kappa shape index (κ1) is 28.6. The molecule has 1 fully saturated rings. The fraction of sp³-hybridized carbons (Fsp3) is 0.741. The molecule has 7 heteroatoms. The van der Waals surface area contributed by atoms with Crippen LogP contribution in [-0.4, -0.2) is 50.7 Å². The zero-order chi connectivity index (χ0) is 25.2. The Hall–Kier alpha value is -1.60. The van der Waals surface area contributed by atoms with E-state index in [1.165, 1.54) is 32.1 Å². The van der Waals surface area contributed by atoms with Crippen molar-refractivity contribution in [1.82, 2.24) is 0 Å². The van der Waals surface area contributed by atoms with Crippen molar-refractivity contribution in [3.05, 3.63) is 29.8 Å². The lowest BCUT2D eigenvalue weighted by Gasteiger charge is -2.31. The molecule has 1 aliphatic rings. The van der Waals surface area contributed by atoms with Crippen LogP contribution in [0.1, 0.15) is 91.0 Å². The van der Waals surface area contributed by atoms with Crippen LogP contribution in [0.15, 0.2) is 24.3 Å². The van der Waals surface area contributed by atoms with Crippen LogP contribution in [-0.2, 0) is 25.0 Å². The summed E-state index contributed by atoms with van der Waals surface area (Å²) in [6.45, 7) is 9.34. The lowest BCUT2D eigenvalue weighted by atomic mass is 9.87. The topological polar surface area (TPSA) is 83.9 Å². The molecule has 0 saturated carbocycles. The average molecular weight is 496 g/mol. The standard InChI is InChI=1S/C27H45NO5S/c1-5-6-7-8-9-10-11-12-17-27(30,25(29)33-22-26(2,3)4)23-13-15-24(16-14-23)28-18-20-34(31,32)21-19-28/h13-16,30H,5-12,17-22H2,1-4H3. The molecular formula is C27H45NO5S. The van der Waals surface area contributed by atoms with Crippen LogP contribution in [0.25, 0.3) is 0 Å². The van der Waals surface area contributed by atoms with E-state index < -0.39 is 21.4 Å². The number of benzene rings is 1. The fourth-order valence-corrected chi connectivity index (χ4v) is 5.40. The highest BCUT2D eigenvalue weighted by Gasteiger charge is 2.39. The van der Waals surface area contributed by atoms with E-state index in [1.807, 2.05) is 37.8 Å². The summed E-state index contributed by atoms with van der Waals surface area (Å²) in [4.78, 5) is 15.1. The summed E-state index contributed by atoms with van der Waals surface area (Å²) in [5, 5.41) is 11.5. The van der Waals surface area contributed by atoms with Gasteiger partial charge in [-0.3, -0.25) is 0 Å². The second-order valence-corrected chi connectivity index (χ2v) is 13.2. The molecule has 1 heterocycles. The number of hydrogen-bond acceptors (Lipinski definition) is 6. The molecule has 34 heavy (non-hydrogen) atoms. The van der Waals surface area contributed by atoms with Gasteiger partial charge in [0.05, 0.1) is 18.1 Å². The van der Waals surface area contributed by atoms with E-state index in [0.29, 0.717) is 25.1 Å². The van der Waals surface area contributed by atoms with Crippen LogP contribution in [0.5, 0.6) is 0 Å². The third-order valence-electron chi connectivity index (χ3n) is 6.42. The maximum atomic E-state index is 13.1. The molecule has 0 aliphatic carbocycles. The van der Waals surface area contributed by atoms with Crippen molar-refractivity contribution in [2.45, 2.75) is 91.1 Å². The van der Waals surface area contributed by atoms with Gasteiger partial charge >= 0.3 is 5.97 Å². The first-order chi connectivity index (χ1) is 16.0. The fourth-order valence-electron chi connectivity index (χ4n) is 4.20. The smallest absolute Gasteiger partial charge is 0.342 e. The number of sulfone groups is 1. The molecule has 1 saturated heterocycles. The molecule has 0 amide bonds. The van der Waals surface area contributed by atoms with Gasteiger partial charge in [0.25, 0.3) is 0 Å². The number of aliphatic hydroxyl groups is 1. The van der Waals surface area contributed by atoms with Gasteiger partial charge in [-0.2, -0.15) is 0 Å². The number of anilines is 1. The van der Waals surface area contributed by atoms with Crippen LogP contribution in [0.4, 0.5) is 5.69 Å². The van der Waals surface area contributed by atoms with Gasteiger partial charge in [0.1, 0.15) is 0 Å². The van der Waals surface area contributed by atoms with Gasteiger partial charge in [-0.05, 0) is 36.0 Å². The zero-order valence-electron chi connectivity index (χ0n) is 21.6. The van der Waals surface area contributed by atoms with Crippen molar-refractivity contribution in [1.29, 1.82) is 0 Å². The summed E-state index contributed by atoms with van der Waals surface area (Å²) in [6.07, 6.45) is 9.37. The van der Waals surface area contributed by atoms with E-state index in [4.69, 9.17) is 4.74 Å². The quantitative estimate of drug-likeness (QED) is 0.298. The predicted octanol–water partition coefficient (Wildman–Crippen LogP) is 5.23. The Labute approximate surface area is 207 Å². The van der Waals surface area contributed by atoms with E-state index in [2.05, 4.69) is 6.92 Å². The van der Waals surface area contributed by atoms with Crippen molar-refractivity contribution in [3.63, 3.8) is 0 Å². The first-order valence-electron chi connectivity index (χ1n) is 12.9. The molecular weight excluding hydrogens is 450 g/mol. The molecule has 1 aromatic carbocycles. The lowest BCUT2D eigenvalue weighted by molar-refractivity contribution is -0.170. The number of unbranched alkanes of at least 4 members (excludes halogenated alkanes) is 7. The molecule has 194 valence electrons. The minimum Gasteiger partial charge on any atom is -0.463 e. The highest BCUT2D eigenvalue weighted by molar-refractivity contribution is 7.91. The molecule has 1 aromatic rings. The number of carbonyl (C=O) groups is 1.